The van der Waals surface area contributed by atoms with E-state index < -0.39 is 0 Å². The van der Waals surface area contributed by atoms with E-state index in [2.05, 4.69) is 26.3 Å². The van der Waals surface area contributed by atoms with Crippen LogP contribution in [0.2, 0.25) is 5.15 Å². The van der Waals surface area contributed by atoms with Crippen molar-refractivity contribution in [1.82, 2.24) is 15.0 Å². The molecule has 1 N–H and O–H groups in total. The van der Waals surface area contributed by atoms with Crippen LogP contribution in [-0.2, 0) is 12.8 Å². The lowest BCUT2D eigenvalue weighted by Gasteiger charge is -2.10. The van der Waals surface area contributed by atoms with Crippen LogP contribution < -0.4 is 5.32 Å². The van der Waals surface area contributed by atoms with Crippen molar-refractivity contribution in [2.45, 2.75) is 19.8 Å². The largest absolute Gasteiger partial charge is 0.369 e. The molecule has 0 radical (unpaired) electrons. The molecule has 0 saturated heterocycles. The second kappa shape index (κ2) is 6.31. The van der Waals surface area contributed by atoms with Crippen LogP contribution in [0.4, 0.5) is 5.82 Å². The van der Waals surface area contributed by atoms with E-state index in [0.29, 0.717) is 5.15 Å². The molecule has 94 valence electrons. The first kappa shape index (κ1) is 12.8. The molecule has 2 heterocycles. The van der Waals surface area contributed by atoms with Gasteiger partial charge < -0.3 is 5.32 Å². The third kappa shape index (κ3) is 3.17. The maximum atomic E-state index is 6.02. The molecule has 0 spiro atoms. The molecule has 0 bridgehead atoms. The van der Waals surface area contributed by atoms with Gasteiger partial charge in [-0.1, -0.05) is 24.6 Å². The zero-order valence-electron chi connectivity index (χ0n) is 10.2. The third-order valence-corrected chi connectivity index (χ3v) is 3.00. The van der Waals surface area contributed by atoms with Gasteiger partial charge in [0.25, 0.3) is 0 Å². The van der Waals surface area contributed by atoms with Gasteiger partial charge in [0, 0.05) is 24.5 Å². The fourth-order valence-electron chi connectivity index (χ4n) is 1.73. The Balaban J connectivity index is 1.96. The van der Waals surface area contributed by atoms with Crippen LogP contribution in [0.5, 0.6) is 0 Å². The normalized spacial score (nSPS) is 10.3. The predicted molar refractivity (Wildman–Crippen MR) is 72.9 cm³/mol. The van der Waals surface area contributed by atoms with Gasteiger partial charge in [-0.15, -0.1) is 0 Å². The first-order valence-electron chi connectivity index (χ1n) is 5.93. The van der Waals surface area contributed by atoms with Crippen LogP contribution in [-0.4, -0.2) is 21.5 Å². The van der Waals surface area contributed by atoms with Crippen molar-refractivity contribution in [1.29, 1.82) is 0 Å². The lowest BCUT2D eigenvalue weighted by atomic mass is 10.2. The molecule has 18 heavy (non-hydrogen) atoms. The van der Waals surface area contributed by atoms with Gasteiger partial charge in [0.05, 0.1) is 0 Å². The molecule has 0 fully saturated rings. The fraction of sp³-hybridized carbons (Fsp3) is 0.308. The number of pyridine rings is 1. The minimum absolute atomic E-state index is 0.524. The van der Waals surface area contributed by atoms with Crippen LogP contribution in [0.15, 0.2) is 30.9 Å². The van der Waals surface area contributed by atoms with Gasteiger partial charge in [-0.2, -0.15) is 0 Å². The van der Waals surface area contributed by atoms with Crippen LogP contribution >= 0.6 is 11.6 Å². The van der Waals surface area contributed by atoms with Gasteiger partial charge in [0.2, 0.25) is 0 Å². The molecule has 0 unspecified atom stereocenters. The lowest BCUT2D eigenvalue weighted by Crippen LogP contribution is -2.09. The maximum absolute atomic E-state index is 6.02. The molecule has 2 aromatic rings. The molecule has 0 aromatic carbocycles. The van der Waals surface area contributed by atoms with Crippen molar-refractivity contribution in [3.8, 4) is 0 Å². The molecule has 0 aliphatic carbocycles. The van der Waals surface area contributed by atoms with Gasteiger partial charge in [-0.25, -0.2) is 9.97 Å². The first-order valence-corrected chi connectivity index (χ1v) is 6.31. The van der Waals surface area contributed by atoms with Crippen molar-refractivity contribution in [2.24, 2.45) is 0 Å². The van der Waals surface area contributed by atoms with Gasteiger partial charge in [-0.05, 0) is 24.5 Å². The quantitative estimate of drug-likeness (QED) is 0.842. The highest BCUT2D eigenvalue weighted by Gasteiger charge is 2.06. The Morgan fingerprint density at radius 2 is 2.22 bits per heavy atom. The highest BCUT2D eigenvalue weighted by Crippen LogP contribution is 2.19. The second-order valence-corrected chi connectivity index (χ2v) is 4.24. The van der Waals surface area contributed by atoms with Crippen molar-refractivity contribution >= 4 is 17.4 Å². The standard InChI is InChI=1S/C13H15ClN4/c1-2-11-12(14)17-9-18-13(11)16-7-5-10-4-3-6-15-8-10/h3-4,6,8-9H,2,5,7H2,1H3,(H,16,17,18). The summed E-state index contributed by atoms with van der Waals surface area (Å²) in [6.45, 7) is 2.84. The number of aromatic nitrogens is 3. The Labute approximate surface area is 111 Å². The van der Waals surface area contributed by atoms with Gasteiger partial charge in [0.1, 0.15) is 17.3 Å². The summed E-state index contributed by atoms with van der Waals surface area (Å²) in [5.41, 5.74) is 2.16. The Kier molecular flexibility index (Phi) is 4.47. The Bertz CT molecular complexity index is 502. The molecule has 0 aliphatic heterocycles. The van der Waals surface area contributed by atoms with Crippen molar-refractivity contribution in [2.75, 3.05) is 11.9 Å². The number of anilines is 1. The van der Waals surface area contributed by atoms with Gasteiger partial charge in [0.15, 0.2) is 0 Å². The zero-order chi connectivity index (χ0) is 12.8. The van der Waals surface area contributed by atoms with E-state index in [-0.39, 0.29) is 0 Å². The molecular formula is C13H15ClN4. The third-order valence-electron chi connectivity index (χ3n) is 2.68. The van der Waals surface area contributed by atoms with Crippen LogP contribution in [0, 0.1) is 0 Å². The van der Waals surface area contributed by atoms with E-state index in [1.807, 2.05) is 19.2 Å². The summed E-state index contributed by atoms with van der Waals surface area (Å²) >= 11 is 6.02. The molecule has 2 aromatic heterocycles. The molecule has 2 rings (SSSR count). The van der Waals surface area contributed by atoms with E-state index in [9.17, 15) is 0 Å². The number of nitrogens with one attached hydrogen (secondary N) is 1. The van der Waals surface area contributed by atoms with Gasteiger partial charge >= 0.3 is 0 Å². The van der Waals surface area contributed by atoms with E-state index in [0.717, 1.165) is 30.8 Å². The van der Waals surface area contributed by atoms with Gasteiger partial charge in [-0.3, -0.25) is 4.98 Å². The molecule has 4 nitrogen and oxygen atoms in total. The highest BCUT2D eigenvalue weighted by atomic mass is 35.5. The minimum atomic E-state index is 0.524. The van der Waals surface area contributed by atoms with E-state index >= 15 is 0 Å². The molecule has 0 saturated carbocycles. The summed E-state index contributed by atoms with van der Waals surface area (Å²) in [4.78, 5) is 12.3. The summed E-state index contributed by atoms with van der Waals surface area (Å²) < 4.78 is 0. The smallest absolute Gasteiger partial charge is 0.137 e. The SMILES string of the molecule is CCc1c(Cl)ncnc1NCCc1cccnc1. The first-order chi connectivity index (χ1) is 8.81. The summed E-state index contributed by atoms with van der Waals surface area (Å²) in [6.07, 6.45) is 6.84. The van der Waals surface area contributed by atoms with Crippen molar-refractivity contribution in [3.05, 3.63) is 47.1 Å². The summed E-state index contributed by atoms with van der Waals surface area (Å²) in [7, 11) is 0. The summed E-state index contributed by atoms with van der Waals surface area (Å²) in [6, 6.07) is 4.00. The topological polar surface area (TPSA) is 50.7 Å². The van der Waals surface area contributed by atoms with E-state index in [1.165, 1.54) is 11.9 Å². The molecule has 0 atom stereocenters. The number of rotatable bonds is 5. The highest BCUT2D eigenvalue weighted by molar-refractivity contribution is 6.30. The molecule has 0 amide bonds. The predicted octanol–water partition coefficient (Wildman–Crippen LogP) is 2.74. The van der Waals surface area contributed by atoms with Crippen molar-refractivity contribution in [3.63, 3.8) is 0 Å². The van der Waals surface area contributed by atoms with Crippen LogP contribution in [0.3, 0.4) is 0 Å². The van der Waals surface area contributed by atoms with Crippen LogP contribution in [0.25, 0.3) is 0 Å². The van der Waals surface area contributed by atoms with E-state index in [1.54, 1.807) is 6.20 Å². The average Bonchev–Trinajstić information content (AvgIpc) is 2.40. The maximum Gasteiger partial charge on any atom is 0.137 e. The van der Waals surface area contributed by atoms with Crippen molar-refractivity contribution < 1.29 is 0 Å². The Morgan fingerprint density at radius 1 is 1.33 bits per heavy atom. The molecule has 5 heteroatoms. The zero-order valence-corrected chi connectivity index (χ0v) is 11.0. The Morgan fingerprint density at radius 3 is 2.94 bits per heavy atom. The lowest BCUT2D eigenvalue weighted by molar-refractivity contribution is 0.966. The summed E-state index contributed by atoms with van der Waals surface area (Å²) in [5, 5.41) is 3.81. The number of nitrogens with zero attached hydrogens (tertiary/aromatic N) is 3. The average molecular weight is 263 g/mol. The number of hydrogen-bond donors (Lipinski definition) is 1. The second-order valence-electron chi connectivity index (χ2n) is 3.88. The monoisotopic (exact) mass is 262 g/mol. The Hall–Kier alpha value is -1.68. The molecular weight excluding hydrogens is 248 g/mol. The van der Waals surface area contributed by atoms with Crippen LogP contribution in [0.1, 0.15) is 18.1 Å². The van der Waals surface area contributed by atoms with E-state index in [4.69, 9.17) is 11.6 Å². The minimum Gasteiger partial charge on any atom is -0.369 e. The summed E-state index contributed by atoms with van der Waals surface area (Å²) in [5.74, 6) is 0.821. The number of hydrogen-bond acceptors (Lipinski definition) is 4. The molecule has 0 aliphatic rings. The fourth-order valence-corrected chi connectivity index (χ4v) is 1.99. The number of halogens is 1.